The number of likely N-dealkylation sites (tertiary alicyclic amines) is 1. The Balaban J connectivity index is 1.97. The predicted molar refractivity (Wildman–Crippen MR) is 71.0 cm³/mol. The number of benzene rings is 1. The second-order valence-corrected chi connectivity index (χ2v) is 5.08. The highest BCUT2D eigenvalue weighted by Crippen LogP contribution is 2.31. The number of carbonyl (C=O) groups excluding carboxylic acids is 1. The van der Waals surface area contributed by atoms with Crippen LogP contribution in [0.1, 0.15) is 17.5 Å². The summed E-state index contributed by atoms with van der Waals surface area (Å²) in [5.41, 5.74) is -0.822. The monoisotopic (exact) mass is 316 g/mol. The first-order valence-electron chi connectivity index (χ1n) is 6.69. The second-order valence-electron chi connectivity index (χ2n) is 5.08. The molecule has 0 bridgehead atoms. The number of alkyl halides is 3. The van der Waals surface area contributed by atoms with E-state index in [0.29, 0.717) is 6.42 Å². The molecule has 2 N–H and O–H groups in total. The summed E-state index contributed by atoms with van der Waals surface area (Å²) < 4.78 is 38.5. The molecule has 22 heavy (non-hydrogen) atoms. The Labute approximate surface area is 124 Å². The summed E-state index contributed by atoms with van der Waals surface area (Å²) >= 11 is 0. The first-order chi connectivity index (χ1) is 10.3. The van der Waals surface area contributed by atoms with Crippen LogP contribution in [0, 0.1) is 5.92 Å². The van der Waals surface area contributed by atoms with Crippen molar-refractivity contribution in [3.8, 4) is 0 Å². The van der Waals surface area contributed by atoms with Crippen LogP contribution in [0.2, 0.25) is 0 Å². The summed E-state index contributed by atoms with van der Waals surface area (Å²) in [5.74, 6) is -1.59. The molecule has 1 unspecified atom stereocenters. The maximum absolute atomic E-state index is 12.8. The van der Waals surface area contributed by atoms with Crippen molar-refractivity contribution < 1.29 is 27.9 Å². The highest BCUT2D eigenvalue weighted by Gasteiger charge is 2.34. The van der Waals surface area contributed by atoms with Crippen molar-refractivity contribution in [1.82, 2.24) is 10.2 Å². The number of amides is 2. The van der Waals surface area contributed by atoms with Crippen molar-refractivity contribution in [3.63, 3.8) is 0 Å². The summed E-state index contributed by atoms with van der Waals surface area (Å²) in [4.78, 5) is 24.0. The predicted octanol–water partition coefficient (Wildman–Crippen LogP) is 2.32. The van der Waals surface area contributed by atoms with Crippen LogP contribution in [-0.2, 0) is 17.5 Å². The molecular weight excluding hydrogens is 301 g/mol. The normalized spacial score (nSPS) is 18.3. The quantitative estimate of drug-likeness (QED) is 0.899. The third-order valence-corrected chi connectivity index (χ3v) is 3.58. The second kappa shape index (κ2) is 6.25. The van der Waals surface area contributed by atoms with Gasteiger partial charge in [0.05, 0.1) is 11.5 Å². The van der Waals surface area contributed by atoms with Crippen LogP contribution in [0.5, 0.6) is 0 Å². The molecule has 8 heteroatoms. The van der Waals surface area contributed by atoms with Crippen LogP contribution in [0.15, 0.2) is 24.3 Å². The molecule has 5 nitrogen and oxygen atoms in total. The number of hydrogen-bond donors (Lipinski definition) is 2. The molecule has 1 saturated heterocycles. The van der Waals surface area contributed by atoms with Crippen LogP contribution in [0.4, 0.5) is 18.0 Å². The smallest absolute Gasteiger partial charge is 0.416 e. The molecule has 0 aliphatic carbocycles. The molecule has 1 aromatic rings. The number of urea groups is 1. The van der Waals surface area contributed by atoms with Crippen LogP contribution in [0.25, 0.3) is 0 Å². The Kier molecular flexibility index (Phi) is 4.58. The van der Waals surface area contributed by atoms with Gasteiger partial charge in [-0.25, -0.2) is 4.79 Å². The van der Waals surface area contributed by atoms with Gasteiger partial charge in [0.2, 0.25) is 0 Å². The fraction of sp³-hybridized carbons (Fsp3) is 0.429. The van der Waals surface area contributed by atoms with E-state index < -0.39 is 29.7 Å². The number of rotatable bonds is 3. The van der Waals surface area contributed by atoms with Gasteiger partial charge in [0, 0.05) is 19.6 Å². The lowest BCUT2D eigenvalue weighted by atomic mass is 10.1. The lowest BCUT2D eigenvalue weighted by molar-refractivity contribution is -0.141. The topological polar surface area (TPSA) is 69.6 Å². The Hall–Kier alpha value is -2.25. The standard InChI is InChI=1S/C14H15F3N2O3/c15-14(16,17)11-4-2-1-3-9(11)7-18-13(22)19-6-5-10(8-19)12(20)21/h1-4,10H,5-8H2,(H,18,22)(H,20,21). The number of halogens is 3. The van der Waals surface area contributed by atoms with Crippen LogP contribution in [-0.4, -0.2) is 35.1 Å². The van der Waals surface area contributed by atoms with Crippen molar-refractivity contribution in [2.24, 2.45) is 5.92 Å². The van der Waals surface area contributed by atoms with E-state index in [4.69, 9.17) is 5.11 Å². The Morgan fingerprint density at radius 2 is 2.00 bits per heavy atom. The van der Waals surface area contributed by atoms with E-state index in [0.717, 1.165) is 6.07 Å². The summed E-state index contributed by atoms with van der Waals surface area (Å²) in [6.45, 7) is 0.0918. The molecule has 1 aliphatic rings. The van der Waals surface area contributed by atoms with E-state index in [-0.39, 0.29) is 25.2 Å². The van der Waals surface area contributed by atoms with E-state index >= 15 is 0 Å². The minimum Gasteiger partial charge on any atom is -0.481 e. The third kappa shape index (κ3) is 3.69. The van der Waals surface area contributed by atoms with Gasteiger partial charge in [0.15, 0.2) is 0 Å². The number of nitrogens with one attached hydrogen (secondary N) is 1. The SMILES string of the molecule is O=C(O)C1CCN(C(=O)NCc2ccccc2C(F)(F)F)C1. The molecule has 0 aromatic heterocycles. The number of hydrogen-bond acceptors (Lipinski definition) is 2. The number of carboxylic acid groups (broad SMARTS) is 1. The zero-order chi connectivity index (χ0) is 16.3. The molecule has 0 spiro atoms. The maximum Gasteiger partial charge on any atom is 0.416 e. The van der Waals surface area contributed by atoms with Crippen molar-refractivity contribution in [3.05, 3.63) is 35.4 Å². The molecule has 120 valence electrons. The number of carboxylic acids is 1. The van der Waals surface area contributed by atoms with Crippen molar-refractivity contribution in [2.75, 3.05) is 13.1 Å². The van der Waals surface area contributed by atoms with E-state index in [1.807, 2.05) is 0 Å². The van der Waals surface area contributed by atoms with Gasteiger partial charge >= 0.3 is 18.2 Å². The zero-order valence-electron chi connectivity index (χ0n) is 11.6. The van der Waals surface area contributed by atoms with E-state index in [1.54, 1.807) is 0 Å². The molecule has 1 aromatic carbocycles. The fourth-order valence-corrected chi connectivity index (χ4v) is 2.38. The van der Waals surface area contributed by atoms with Gasteiger partial charge in [-0.2, -0.15) is 13.2 Å². The summed E-state index contributed by atoms with van der Waals surface area (Å²) in [7, 11) is 0. The van der Waals surface area contributed by atoms with Gasteiger partial charge < -0.3 is 15.3 Å². The van der Waals surface area contributed by atoms with Gasteiger partial charge in [0.25, 0.3) is 0 Å². The highest BCUT2D eigenvalue weighted by molar-refractivity contribution is 5.77. The highest BCUT2D eigenvalue weighted by atomic mass is 19.4. The van der Waals surface area contributed by atoms with Gasteiger partial charge in [-0.05, 0) is 18.1 Å². The lowest BCUT2D eigenvalue weighted by Gasteiger charge is -2.18. The van der Waals surface area contributed by atoms with Crippen molar-refractivity contribution >= 4 is 12.0 Å². The lowest BCUT2D eigenvalue weighted by Crippen LogP contribution is -2.38. The van der Waals surface area contributed by atoms with Crippen LogP contribution < -0.4 is 5.32 Å². The molecule has 0 saturated carbocycles. The number of nitrogens with zero attached hydrogens (tertiary/aromatic N) is 1. The van der Waals surface area contributed by atoms with E-state index in [9.17, 15) is 22.8 Å². The van der Waals surface area contributed by atoms with E-state index in [1.165, 1.54) is 23.1 Å². The third-order valence-electron chi connectivity index (χ3n) is 3.58. The Morgan fingerprint density at radius 1 is 1.32 bits per heavy atom. The van der Waals surface area contributed by atoms with Crippen molar-refractivity contribution in [1.29, 1.82) is 0 Å². The minimum atomic E-state index is -4.48. The molecule has 1 atom stereocenters. The molecule has 2 rings (SSSR count). The summed E-state index contributed by atoms with van der Waals surface area (Å²) in [6, 6.07) is 4.45. The molecule has 2 amide bonds. The molecule has 1 fully saturated rings. The van der Waals surface area contributed by atoms with Crippen LogP contribution in [0.3, 0.4) is 0 Å². The number of carbonyl (C=O) groups is 2. The first kappa shape index (κ1) is 16.1. The van der Waals surface area contributed by atoms with E-state index in [2.05, 4.69) is 5.32 Å². The Bertz CT molecular complexity index is 575. The molecular formula is C14H15F3N2O3. The Morgan fingerprint density at radius 3 is 2.59 bits per heavy atom. The summed E-state index contributed by atoms with van der Waals surface area (Å²) in [5, 5.41) is 11.3. The molecule has 1 heterocycles. The fourth-order valence-electron chi connectivity index (χ4n) is 2.38. The molecule has 0 radical (unpaired) electrons. The average Bonchev–Trinajstić information content (AvgIpc) is 2.94. The largest absolute Gasteiger partial charge is 0.481 e. The minimum absolute atomic E-state index is 0.0302. The summed E-state index contributed by atoms with van der Waals surface area (Å²) in [6.07, 6.45) is -4.13. The zero-order valence-corrected chi connectivity index (χ0v) is 11.6. The first-order valence-corrected chi connectivity index (χ1v) is 6.69. The average molecular weight is 316 g/mol. The molecule has 1 aliphatic heterocycles. The van der Waals surface area contributed by atoms with Gasteiger partial charge in [-0.1, -0.05) is 18.2 Å². The van der Waals surface area contributed by atoms with Gasteiger partial charge in [0.1, 0.15) is 0 Å². The van der Waals surface area contributed by atoms with Crippen LogP contribution >= 0.6 is 0 Å². The van der Waals surface area contributed by atoms with Crippen molar-refractivity contribution in [2.45, 2.75) is 19.1 Å². The van der Waals surface area contributed by atoms with Gasteiger partial charge in [-0.15, -0.1) is 0 Å². The van der Waals surface area contributed by atoms with Gasteiger partial charge in [-0.3, -0.25) is 4.79 Å². The number of aliphatic carboxylic acids is 1. The maximum atomic E-state index is 12.8.